The third-order valence-corrected chi connectivity index (χ3v) is 4.76. The van der Waals surface area contributed by atoms with Gasteiger partial charge < -0.3 is 5.32 Å². The van der Waals surface area contributed by atoms with Crippen LogP contribution in [0.25, 0.3) is 11.0 Å². The predicted octanol–water partition coefficient (Wildman–Crippen LogP) is 4.17. The number of aryl methyl sites for hydroxylation is 1. The van der Waals surface area contributed by atoms with Crippen molar-refractivity contribution in [3.05, 3.63) is 59.0 Å². The number of aromatic nitrogens is 2. The van der Waals surface area contributed by atoms with Crippen LogP contribution in [-0.2, 0) is 17.9 Å². The van der Waals surface area contributed by atoms with Crippen molar-refractivity contribution in [2.45, 2.75) is 37.1 Å². The van der Waals surface area contributed by atoms with E-state index in [1.165, 1.54) is 16.7 Å². The lowest BCUT2D eigenvalue weighted by molar-refractivity contribution is -0.116. The fraction of sp³-hybridized carbons (Fsp3) is 0.263. The summed E-state index contributed by atoms with van der Waals surface area (Å²) in [5.74, 6) is -2.84. The molecule has 0 aliphatic heterocycles. The van der Waals surface area contributed by atoms with E-state index in [0.717, 1.165) is 11.9 Å². The summed E-state index contributed by atoms with van der Waals surface area (Å²) in [7, 11) is 0. The van der Waals surface area contributed by atoms with Gasteiger partial charge in [0.25, 0.3) is 5.76 Å². The fourth-order valence-electron chi connectivity index (χ4n) is 2.93. The van der Waals surface area contributed by atoms with Gasteiger partial charge >= 0.3 is 5.69 Å². The second kappa shape index (κ2) is 8.39. The lowest BCUT2D eigenvalue weighted by Crippen LogP contribution is -2.29. The molecule has 0 saturated heterocycles. The number of carbonyl (C=O) groups is 1. The van der Waals surface area contributed by atoms with E-state index in [4.69, 9.17) is 0 Å². The van der Waals surface area contributed by atoms with E-state index in [2.05, 4.69) is 5.32 Å². The van der Waals surface area contributed by atoms with Gasteiger partial charge in [-0.05, 0) is 42.8 Å². The molecule has 8 heteroatoms. The largest absolute Gasteiger partial charge is 0.329 e. The lowest BCUT2D eigenvalue weighted by Gasteiger charge is -2.07. The molecule has 0 unspecified atom stereocenters. The van der Waals surface area contributed by atoms with Crippen LogP contribution in [0.1, 0.15) is 13.3 Å². The number of anilines is 1. The predicted molar refractivity (Wildman–Crippen MR) is 103 cm³/mol. The maximum absolute atomic E-state index is 12.7. The zero-order valence-corrected chi connectivity index (χ0v) is 15.5. The number of nitrogens with zero attached hydrogens (tertiary/aromatic N) is 2. The highest BCUT2D eigenvalue weighted by molar-refractivity contribution is 7.99. The Hall–Kier alpha value is -2.61. The van der Waals surface area contributed by atoms with E-state index in [-0.39, 0.29) is 18.1 Å². The second-order valence-electron chi connectivity index (χ2n) is 5.96. The highest BCUT2D eigenvalue weighted by Gasteiger charge is 2.15. The molecule has 0 spiro atoms. The number of thioether (sulfide) groups is 1. The maximum Gasteiger partial charge on any atom is 0.329 e. The zero-order chi connectivity index (χ0) is 19.4. The van der Waals surface area contributed by atoms with Crippen molar-refractivity contribution < 1.29 is 13.6 Å². The molecule has 2 aromatic carbocycles. The summed E-state index contributed by atoms with van der Waals surface area (Å²) >= 11 is 0.445. The summed E-state index contributed by atoms with van der Waals surface area (Å²) in [6.45, 7) is 2.45. The molecule has 3 aromatic rings. The number of hydrogen-bond donors (Lipinski definition) is 1. The minimum Gasteiger partial charge on any atom is -0.325 e. The fourth-order valence-corrected chi connectivity index (χ4v) is 3.43. The van der Waals surface area contributed by atoms with Crippen LogP contribution in [0.5, 0.6) is 0 Å². The number of carbonyl (C=O) groups excluding carboxylic acids is 1. The van der Waals surface area contributed by atoms with Gasteiger partial charge in [-0.25, -0.2) is 4.79 Å². The highest BCUT2D eigenvalue weighted by Crippen LogP contribution is 2.26. The summed E-state index contributed by atoms with van der Waals surface area (Å²) in [5.41, 5.74) is 1.76. The number of hydrogen-bond acceptors (Lipinski definition) is 3. The maximum atomic E-state index is 12.7. The normalized spacial score (nSPS) is 11.3. The molecular formula is C19H19F2N3O2S. The summed E-state index contributed by atoms with van der Waals surface area (Å²) in [4.78, 5) is 25.5. The van der Waals surface area contributed by atoms with E-state index in [1.54, 1.807) is 16.7 Å². The van der Waals surface area contributed by atoms with Gasteiger partial charge in [0.2, 0.25) is 5.91 Å². The smallest absolute Gasteiger partial charge is 0.325 e. The number of rotatable bonds is 7. The molecule has 27 heavy (non-hydrogen) atoms. The van der Waals surface area contributed by atoms with Crippen LogP contribution >= 0.6 is 11.8 Å². The van der Waals surface area contributed by atoms with Crippen molar-refractivity contribution in [1.82, 2.24) is 9.13 Å². The molecule has 1 aromatic heterocycles. The number of para-hydroxylation sites is 2. The molecule has 0 bridgehead atoms. The van der Waals surface area contributed by atoms with Crippen LogP contribution < -0.4 is 11.0 Å². The molecule has 142 valence electrons. The van der Waals surface area contributed by atoms with E-state index in [1.807, 2.05) is 31.2 Å². The van der Waals surface area contributed by atoms with Gasteiger partial charge in [-0.2, -0.15) is 8.78 Å². The number of fused-ring (bicyclic) bond motifs is 1. The van der Waals surface area contributed by atoms with Gasteiger partial charge in [-0.1, -0.05) is 30.8 Å². The standard InChI is InChI=1S/C19H19F2N3O2S/c1-2-11-23-15-5-3-4-6-16(15)24(19(23)26)12-17(25)22-13-7-9-14(10-8-13)27-18(20)21/h3-10,18H,2,11-12H2,1H3,(H,22,25). The quantitative estimate of drug-likeness (QED) is 0.615. The number of alkyl halides is 2. The minimum atomic E-state index is -2.49. The van der Waals surface area contributed by atoms with Gasteiger partial charge in [0.1, 0.15) is 6.54 Å². The summed E-state index contributed by atoms with van der Waals surface area (Å²) in [5, 5.41) is 2.70. The van der Waals surface area contributed by atoms with Gasteiger partial charge in [0.15, 0.2) is 0 Å². The first kappa shape index (κ1) is 19.2. The van der Waals surface area contributed by atoms with Crippen LogP contribution in [0.4, 0.5) is 14.5 Å². The highest BCUT2D eigenvalue weighted by atomic mass is 32.2. The molecule has 0 aliphatic carbocycles. The van der Waals surface area contributed by atoms with Gasteiger partial charge in [-0.3, -0.25) is 13.9 Å². The zero-order valence-electron chi connectivity index (χ0n) is 14.7. The number of benzene rings is 2. The Kier molecular flexibility index (Phi) is 5.95. The second-order valence-corrected chi connectivity index (χ2v) is 7.02. The number of amides is 1. The Morgan fingerprint density at radius 3 is 2.30 bits per heavy atom. The molecule has 0 fully saturated rings. The lowest BCUT2D eigenvalue weighted by atomic mass is 10.3. The van der Waals surface area contributed by atoms with Crippen molar-refractivity contribution in [2.75, 3.05) is 5.32 Å². The van der Waals surface area contributed by atoms with E-state index < -0.39 is 5.76 Å². The van der Waals surface area contributed by atoms with Gasteiger partial charge in [-0.15, -0.1) is 0 Å². The first-order valence-electron chi connectivity index (χ1n) is 8.52. The molecule has 0 aliphatic rings. The third-order valence-electron chi connectivity index (χ3n) is 4.04. The molecular weight excluding hydrogens is 372 g/mol. The van der Waals surface area contributed by atoms with Crippen molar-refractivity contribution in [3.63, 3.8) is 0 Å². The topological polar surface area (TPSA) is 56.0 Å². The summed E-state index contributed by atoms with van der Waals surface area (Å²) in [6, 6.07) is 13.5. The van der Waals surface area contributed by atoms with Crippen molar-refractivity contribution in [1.29, 1.82) is 0 Å². The van der Waals surface area contributed by atoms with Gasteiger partial charge in [0.05, 0.1) is 11.0 Å². The SMILES string of the molecule is CCCn1c(=O)n(CC(=O)Nc2ccc(SC(F)F)cc2)c2ccccc21. The molecule has 1 heterocycles. The molecule has 1 amide bonds. The molecule has 0 radical (unpaired) electrons. The monoisotopic (exact) mass is 391 g/mol. The van der Waals surface area contributed by atoms with Crippen LogP contribution in [-0.4, -0.2) is 20.8 Å². The van der Waals surface area contributed by atoms with Crippen molar-refractivity contribution >= 4 is 34.4 Å². The average Bonchev–Trinajstić information content (AvgIpc) is 2.89. The summed E-state index contributed by atoms with van der Waals surface area (Å²) in [6.07, 6.45) is 0.809. The molecule has 1 N–H and O–H groups in total. The average molecular weight is 391 g/mol. The van der Waals surface area contributed by atoms with Crippen molar-refractivity contribution in [2.24, 2.45) is 0 Å². The molecule has 3 rings (SSSR count). The molecule has 0 saturated carbocycles. The third kappa shape index (κ3) is 4.39. The molecule has 5 nitrogen and oxygen atoms in total. The first-order valence-corrected chi connectivity index (χ1v) is 9.40. The van der Waals surface area contributed by atoms with Crippen LogP contribution in [0.15, 0.2) is 58.2 Å². The Balaban J connectivity index is 1.78. The Labute approximate surface area is 159 Å². The first-order chi connectivity index (χ1) is 13.0. The van der Waals surface area contributed by atoms with Gasteiger partial charge in [0, 0.05) is 17.1 Å². The summed E-state index contributed by atoms with van der Waals surface area (Å²) < 4.78 is 27.8. The molecule has 0 atom stereocenters. The van der Waals surface area contributed by atoms with Crippen molar-refractivity contribution in [3.8, 4) is 0 Å². The Morgan fingerprint density at radius 2 is 1.70 bits per heavy atom. The Bertz CT molecular complexity index is 996. The van der Waals surface area contributed by atoms with Crippen LogP contribution in [0.3, 0.4) is 0 Å². The number of nitrogens with one attached hydrogen (secondary N) is 1. The number of halogens is 2. The van der Waals surface area contributed by atoms with Crippen LogP contribution in [0.2, 0.25) is 0 Å². The van der Waals surface area contributed by atoms with E-state index >= 15 is 0 Å². The Morgan fingerprint density at radius 1 is 1.07 bits per heavy atom. The van der Waals surface area contributed by atoms with E-state index in [0.29, 0.717) is 34.4 Å². The van der Waals surface area contributed by atoms with Crippen LogP contribution in [0, 0.1) is 0 Å². The number of imidazole rings is 1. The minimum absolute atomic E-state index is 0.121. The van der Waals surface area contributed by atoms with E-state index in [9.17, 15) is 18.4 Å².